The largest absolute Gasteiger partial charge is 0.492 e. The van der Waals surface area contributed by atoms with E-state index in [0.717, 1.165) is 18.4 Å². The molecule has 1 N–H and O–H groups in total. The van der Waals surface area contributed by atoms with Gasteiger partial charge in [0.05, 0.1) is 12.6 Å². The van der Waals surface area contributed by atoms with Crippen LogP contribution in [0.5, 0.6) is 5.75 Å². The van der Waals surface area contributed by atoms with E-state index in [9.17, 15) is 14.7 Å². The van der Waals surface area contributed by atoms with Gasteiger partial charge in [-0.15, -0.1) is 0 Å². The van der Waals surface area contributed by atoms with Gasteiger partial charge in [0, 0.05) is 32.8 Å². The van der Waals surface area contributed by atoms with Gasteiger partial charge in [0.25, 0.3) is 0 Å². The summed E-state index contributed by atoms with van der Waals surface area (Å²) < 4.78 is 21.8. The summed E-state index contributed by atoms with van der Waals surface area (Å²) in [6, 6.07) is 7.21. The molecule has 1 unspecified atom stereocenters. The molecule has 31 heavy (non-hydrogen) atoms. The third-order valence-electron chi connectivity index (χ3n) is 4.28. The topological polar surface area (TPSA) is 94.5 Å². The first-order valence-electron chi connectivity index (χ1n) is 11.0. The Morgan fingerprint density at radius 2 is 1.74 bits per heavy atom. The predicted molar refractivity (Wildman–Crippen MR) is 118 cm³/mol. The summed E-state index contributed by atoms with van der Waals surface area (Å²) >= 11 is 0. The van der Waals surface area contributed by atoms with E-state index in [1.165, 1.54) is 0 Å². The zero-order valence-corrected chi connectivity index (χ0v) is 19.2. The second-order valence-electron chi connectivity index (χ2n) is 7.36. The number of carboxylic acids is 1. The van der Waals surface area contributed by atoms with Crippen molar-refractivity contribution in [1.29, 1.82) is 0 Å². The summed E-state index contributed by atoms with van der Waals surface area (Å²) in [7, 11) is 0. The molecule has 0 radical (unpaired) electrons. The van der Waals surface area contributed by atoms with Crippen LogP contribution in [0.4, 0.5) is 4.79 Å². The third kappa shape index (κ3) is 11.6. The molecule has 1 aromatic carbocycles. The second kappa shape index (κ2) is 15.5. The van der Waals surface area contributed by atoms with Crippen molar-refractivity contribution in [2.45, 2.75) is 59.2 Å². The van der Waals surface area contributed by atoms with Crippen LogP contribution >= 0.6 is 0 Å². The maximum absolute atomic E-state index is 12.3. The zero-order chi connectivity index (χ0) is 23.1. The van der Waals surface area contributed by atoms with E-state index >= 15 is 0 Å². The maximum atomic E-state index is 12.3. The van der Waals surface area contributed by atoms with Crippen LogP contribution in [0.2, 0.25) is 0 Å². The second-order valence-corrected chi connectivity index (χ2v) is 7.36. The molecule has 176 valence electrons. The van der Waals surface area contributed by atoms with E-state index in [1.807, 2.05) is 26.0 Å². The third-order valence-corrected chi connectivity index (χ3v) is 4.28. The molecule has 8 heteroatoms. The molecule has 0 saturated heterocycles. The normalized spacial score (nSPS) is 11.9. The Bertz CT molecular complexity index is 633. The fourth-order valence-electron chi connectivity index (χ4n) is 2.80. The number of ether oxygens (including phenoxy) is 4. The lowest BCUT2D eigenvalue weighted by Gasteiger charge is -2.23. The van der Waals surface area contributed by atoms with E-state index in [0.29, 0.717) is 51.7 Å². The monoisotopic (exact) mass is 439 g/mol. The number of carbonyl (C=O) groups excluding carboxylic acids is 1. The Hall–Kier alpha value is -2.32. The first-order chi connectivity index (χ1) is 14.9. The van der Waals surface area contributed by atoms with Gasteiger partial charge >= 0.3 is 12.1 Å². The lowest BCUT2D eigenvalue weighted by atomic mass is 10.1. The molecule has 0 spiro atoms. The van der Waals surface area contributed by atoms with Crippen molar-refractivity contribution in [3.05, 3.63) is 29.8 Å². The number of aliphatic carboxylic acids is 1. The molecular formula is C23H37NO7. The van der Waals surface area contributed by atoms with Gasteiger partial charge in [0.2, 0.25) is 0 Å². The number of nitrogens with zero attached hydrogens (tertiary/aromatic N) is 1. The molecular weight excluding hydrogens is 402 g/mol. The molecule has 0 aliphatic carbocycles. The minimum Gasteiger partial charge on any atom is -0.492 e. The number of benzene rings is 1. The average Bonchev–Trinajstić information content (AvgIpc) is 2.72. The van der Waals surface area contributed by atoms with Crippen LogP contribution in [0.3, 0.4) is 0 Å². The van der Waals surface area contributed by atoms with Gasteiger partial charge in [-0.25, -0.2) is 9.59 Å². The van der Waals surface area contributed by atoms with Gasteiger partial charge in [-0.05, 0) is 51.3 Å². The molecule has 1 atom stereocenters. The minimum absolute atomic E-state index is 0.189. The van der Waals surface area contributed by atoms with Crippen LogP contribution in [0.1, 0.15) is 46.1 Å². The van der Waals surface area contributed by atoms with Crippen LogP contribution in [-0.4, -0.2) is 73.8 Å². The summed E-state index contributed by atoms with van der Waals surface area (Å²) in [5.41, 5.74) is 0.849. The van der Waals surface area contributed by atoms with Gasteiger partial charge in [-0.3, -0.25) is 0 Å². The van der Waals surface area contributed by atoms with E-state index in [-0.39, 0.29) is 12.2 Å². The van der Waals surface area contributed by atoms with Crippen LogP contribution in [0, 0.1) is 0 Å². The van der Waals surface area contributed by atoms with Crippen LogP contribution in [0.25, 0.3) is 0 Å². The molecule has 0 saturated carbocycles. The lowest BCUT2D eigenvalue weighted by Crippen LogP contribution is -2.37. The number of amides is 1. The summed E-state index contributed by atoms with van der Waals surface area (Å²) in [5, 5.41) is 9.19. The Kier molecular flexibility index (Phi) is 13.3. The lowest BCUT2D eigenvalue weighted by molar-refractivity contribution is -0.149. The molecule has 1 rings (SSSR count). The minimum atomic E-state index is -0.976. The van der Waals surface area contributed by atoms with Gasteiger partial charge < -0.3 is 29.0 Å². The number of rotatable bonds is 16. The number of carboxylic acid groups (broad SMARTS) is 1. The Labute approximate surface area is 185 Å². The summed E-state index contributed by atoms with van der Waals surface area (Å²) in [4.78, 5) is 25.2. The molecule has 0 fully saturated rings. The van der Waals surface area contributed by atoms with E-state index < -0.39 is 12.1 Å². The quantitative estimate of drug-likeness (QED) is 0.392. The molecule has 0 aromatic heterocycles. The predicted octanol–water partition coefficient (Wildman–Crippen LogP) is 3.76. The molecule has 0 aliphatic rings. The Balaban J connectivity index is 2.53. The van der Waals surface area contributed by atoms with Gasteiger partial charge in [0.1, 0.15) is 12.4 Å². The van der Waals surface area contributed by atoms with Crippen molar-refractivity contribution in [1.82, 2.24) is 4.90 Å². The molecule has 1 aromatic rings. The van der Waals surface area contributed by atoms with E-state index in [1.54, 1.807) is 24.0 Å². The standard InChI is InChI=1S/C23H37NO7/c1-5-14-28-15-7-12-24(23(27)31-18(3)4)13-16-30-20-10-8-19(9-11-20)17-21(22(25)26)29-6-2/h8-11,18,21H,5-7,12-17H2,1-4H3,(H,25,26). The molecule has 1 amide bonds. The first kappa shape index (κ1) is 26.7. The van der Waals surface area contributed by atoms with Gasteiger partial charge in [0.15, 0.2) is 6.10 Å². The van der Waals surface area contributed by atoms with Crippen molar-refractivity contribution >= 4 is 12.1 Å². The van der Waals surface area contributed by atoms with Gasteiger partial charge in [-0.1, -0.05) is 19.1 Å². The van der Waals surface area contributed by atoms with Crippen molar-refractivity contribution in [2.75, 3.05) is 39.5 Å². The summed E-state index contributed by atoms with van der Waals surface area (Å²) in [6.45, 7) is 10.4. The highest BCUT2D eigenvalue weighted by Gasteiger charge is 2.18. The van der Waals surface area contributed by atoms with Crippen LogP contribution in [-0.2, 0) is 25.4 Å². The van der Waals surface area contributed by atoms with Crippen LogP contribution < -0.4 is 4.74 Å². The van der Waals surface area contributed by atoms with Crippen molar-refractivity contribution in [3.63, 3.8) is 0 Å². The van der Waals surface area contributed by atoms with Crippen molar-refractivity contribution in [3.8, 4) is 5.75 Å². The summed E-state index contributed by atoms with van der Waals surface area (Å²) in [6.07, 6.45) is 0.573. The highest BCUT2D eigenvalue weighted by atomic mass is 16.6. The fraction of sp³-hybridized carbons (Fsp3) is 0.652. The fourth-order valence-corrected chi connectivity index (χ4v) is 2.80. The van der Waals surface area contributed by atoms with E-state index in [4.69, 9.17) is 18.9 Å². The van der Waals surface area contributed by atoms with Gasteiger partial charge in [-0.2, -0.15) is 0 Å². The number of hydrogen-bond acceptors (Lipinski definition) is 6. The number of carbonyl (C=O) groups is 2. The van der Waals surface area contributed by atoms with E-state index in [2.05, 4.69) is 6.92 Å². The molecule has 0 heterocycles. The first-order valence-corrected chi connectivity index (χ1v) is 11.0. The molecule has 0 aliphatic heterocycles. The zero-order valence-electron chi connectivity index (χ0n) is 19.2. The highest BCUT2D eigenvalue weighted by molar-refractivity contribution is 5.72. The highest BCUT2D eigenvalue weighted by Crippen LogP contribution is 2.15. The smallest absolute Gasteiger partial charge is 0.410 e. The SMILES string of the molecule is CCCOCCCN(CCOc1ccc(CC(OCC)C(=O)O)cc1)C(=O)OC(C)C. The molecule has 0 bridgehead atoms. The number of hydrogen-bond donors (Lipinski definition) is 1. The Morgan fingerprint density at radius 1 is 1.03 bits per heavy atom. The van der Waals surface area contributed by atoms with Crippen molar-refractivity contribution < 1.29 is 33.6 Å². The summed E-state index contributed by atoms with van der Waals surface area (Å²) in [5.74, 6) is -0.328. The maximum Gasteiger partial charge on any atom is 0.410 e. The molecule has 8 nitrogen and oxygen atoms in total. The average molecular weight is 440 g/mol. The Morgan fingerprint density at radius 3 is 2.32 bits per heavy atom. The van der Waals surface area contributed by atoms with Crippen LogP contribution in [0.15, 0.2) is 24.3 Å². The van der Waals surface area contributed by atoms with Crippen molar-refractivity contribution in [2.24, 2.45) is 0 Å².